The molecule has 0 aliphatic heterocycles. The molecule has 0 spiro atoms. The van der Waals surface area contributed by atoms with Crippen molar-refractivity contribution in [1.29, 1.82) is 0 Å². The van der Waals surface area contributed by atoms with Gasteiger partial charge in [-0.15, -0.1) is 0 Å². The lowest BCUT2D eigenvalue weighted by Gasteiger charge is -2.05. The van der Waals surface area contributed by atoms with Gasteiger partial charge in [0.25, 0.3) is 0 Å². The molecule has 0 saturated carbocycles. The molecule has 4 rings (SSSR count). The Balaban J connectivity index is 1.83. The van der Waals surface area contributed by atoms with Gasteiger partial charge < -0.3 is 9.97 Å². The van der Waals surface area contributed by atoms with E-state index in [-0.39, 0.29) is 0 Å². The van der Waals surface area contributed by atoms with E-state index in [0.29, 0.717) is 0 Å². The number of nitrogens with one attached hydrogen (secondary N) is 2. The van der Waals surface area contributed by atoms with E-state index in [2.05, 4.69) is 57.9 Å². The average molecular weight is 394 g/mol. The molecule has 0 radical (unpaired) electrons. The SMILES string of the molecule is BrC1=Cc2nc(-c3nc4ccc(Br)cc4[nH]3)[nH]c2CC1. The molecule has 2 heterocycles. The molecule has 3 aromatic rings. The molecular weight excluding hydrogens is 384 g/mol. The van der Waals surface area contributed by atoms with E-state index in [1.54, 1.807) is 0 Å². The monoisotopic (exact) mass is 392 g/mol. The highest BCUT2D eigenvalue weighted by Gasteiger charge is 2.16. The lowest BCUT2D eigenvalue weighted by molar-refractivity contribution is 0.936. The molecule has 0 unspecified atom stereocenters. The van der Waals surface area contributed by atoms with Crippen molar-refractivity contribution in [2.75, 3.05) is 0 Å². The first-order chi connectivity index (χ1) is 9.69. The zero-order valence-electron chi connectivity index (χ0n) is 10.4. The highest BCUT2D eigenvalue weighted by molar-refractivity contribution is 9.11. The summed E-state index contributed by atoms with van der Waals surface area (Å²) in [6, 6.07) is 5.99. The van der Waals surface area contributed by atoms with Gasteiger partial charge in [-0.1, -0.05) is 31.9 Å². The minimum absolute atomic E-state index is 0.775. The number of hydrogen-bond donors (Lipinski definition) is 2. The Kier molecular flexibility index (Phi) is 2.82. The van der Waals surface area contributed by atoms with Crippen molar-refractivity contribution >= 4 is 49.0 Å². The third kappa shape index (κ3) is 2.03. The van der Waals surface area contributed by atoms with E-state index in [9.17, 15) is 0 Å². The molecule has 100 valence electrons. The van der Waals surface area contributed by atoms with E-state index in [4.69, 9.17) is 0 Å². The molecule has 4 nitrogen and oxygen atoms in total. The van der Waals surface area contributed by atoms with Gasteiger partial charge in [-0.05, 0) is 41.6 Å². The van der Waals surface area contributed by atoms with E-state index < -0.39 is 0 Å². The Morgan fingerprint density at radius 2 is 1.85 bits per heavy atom. The Morgan fingerprint density at radius 3 is 2.75 bits per heavy atom. The Bertz CT molecular complexity index is 844. The van der Waals surface area contributed by atoms with Crippen LogP contribution in [0.3, 0.4) is 0 Å². The number of fused-ring (bicyclic) bond motifs is 2. The first-order valence-corrected chi connectivity index (χ1v) is 7.88. The second-order valence-corrected chi connectivity index (χ2v) is 6.72. The van der Waals surface area contributed by atoms with E-state index in [1.807, 2.05) is 18.2 Å². The van der Waals surface area contributed by atoms with Crippen molar-refractivity contribution in [2.45, 2.75) is 12.8 Å². The molecule has 2 aromatic heterocycles. The molecule has 0 bridgehead atoms. The van der Waals surface area contributed by atoms with Crippen LogP contribution in [0.25, 0.3) is 28.8 Å². The summed E-state index contributed by atoms with van der Waals surface area (Å²) in [6.07, 6.45) is 4.06. The van der Waals surface area contributed by atoms with Crippen molar-refractivity contribution in [3.63, 3.8) is 0 Å². The van der Waals surface area contributed by atoms with Gasteiger partial charge in [0, 0.05) is 10.2 Å². The summed E-state index contributed by atoms with van der Waals surface area (Å²) in [7, 11) is 0. The topological polar surface area (TPSA) is 57.4 Å². The van der Waals surface area contributed by atoms with Crippen LogP contribution >= 0.6 is 31.9 Å². The smallest absolute Gasteiger partial charge is 0.174 e. The van der Waals surface area contributed by atoms with E-state index in [0.717, 1.165) is 45.7 Å². The lowest BCUT2D eigenvalue weighted by atomic mass is 10.1. The standard InChI is InChI=1S/C14H10Br2N4/c15-7-1-3-9-11(5-7)19-13(17-9)14-18-10-4-2-8(16)6-12(10)20-14/h1,3,5-6H,2,4H2,(H,17,19)(H,18,20). The van der Waals surface area contributed by atoms with Crippen LogP contribution in [0, 0.1) is 0 Å². The average Bonchev–Trinajstić information content (AvgIpc) is 3.00. The van der Waals surface area contributed by atoms with Crippen molar-refractivity contribution in [1.82, 2.24) is 19.9 Å². The predicted molar refractivity (Wildman–Crippen MR) is 86.6 cm³/mol. The van der Waals surface area contributed by atoms with Gasteiger partial charge in [0.05, 0.1) is 16.7 Å². The molecule has 0 atom stereocenters. The summed E-state index contributed by atoms with van der Waals surface area (Å²) >= 11 is 7.00. The number of aromatic amines is 2. The Morgan fingerprint density at radius 1 is 1.00 bits per heavy atom. The van der Waals surface area contributed by atoms with Crippen LogP contribution in [0.5, 0.6) is 0 Å². The Hall–Kier alpha value is -1.40. The van der Waals surface area contributed by atoms with Gasteiger partial charge in [-0.3, -0.25) is 0 Å². The summed E-state index contributed by atoms with van der Waals surface area (Å²) in [4.78, 5) is 15.9. The van der Waals surface area contributed by atoms with Crippen molar-refractivity contribution < 1.29 is 0 Å². The molecule has 1 aliphatic carbocycles. The first-order valence-electron chi connectivity index (χ1n) is 6.29. The molecule has 0 amide bonds. The lowest BCUT2D eigenvalue weighted by Crippen LogP contribution is -1.94. The molecular formula is C14H10Br2N4. The number of H-pyrrole nitrogens is 2. The molecule has 2 N–H and O–H groups in total. The van der Waals surface area contributed by atoms with Crippen LogP contribution in [-0.2, 0) is 6.42 Å². The second-order valence-electron chi connectivity index (χ2n) is 4.79. The zero-order valence-corrected chi connectivity index (χ0v) is 13.5. The van der Waals surface area contributed by atoms with Gasteiger partial charge >= 0.3 is 0 Å². The predicted octanol–water partition coefficient (Wildman–Crippen LogP) is 4.40. The molecule has 1 aromatic carbocycles. The number of aryl methyl sites for hydroxylation is 1. The third-order valence-electron chi connectivity index (χ3n) is 3.39. The maximum atomic E-state index is 4.62. The fraction of sp³-hybridized carbons (Fsp3) is 0.143. The van der Waals surface area contributed by atoms with Crippen molar-refractivity contribution in [2.24, 2.45) is 0 Å². The molecule has 20 heavy (non-hydrogen) atoms. The number of allylic oxidation sites excluding steroid dienone is 1. The van der Waals surface area contributed by atoms with Crippen LogP contribution in [0.2, 0.25) is 0 Å². The molecule has 1 aliphatic rings. The minimum Gasteiger partial charge on any atom is -0.339 e. The maximum absolute atomic E-state index is 4.62. The number of nitrogens with zero attached hydrogens (tertiary/aromatic N) is 2. The van der Waals surface area contributed by atoms with Gasteiger partial charge in [-0.25, -0.2) is 9.97 Å². The molecule has 6 heteroatoms. The third-order valence-corrected chi connectivity index (χ3v) is 4.50. The van der Waals surface area contributed by atoms with Gasteiger partial charge in [0.15, 0.2) is 11.6 Å². The summed E-state index contributed by atoms with van der Waals surface area (Å²) in [6.45, 7) is 0. The maximum Gasteiger partial charge on any atom is 0.174 e. The highest BCUT2D eigenvalue weighted by atomic mass is 79.9. The number of aromatic nitrogens is 4. The number of halogens is 2. The Labute approximate surface area is 132 Å². The summed E-state index contributed by atoms with van der Waals surface area (Å²) in [5, 5.41) is 0. The summed E-state index contributed by atoms with van der Waals surface area (Å²) in [5.41, 5.74) is 4.11. The van der Waals surface area contributed by atoms with Crippen LogP contribution in [0.15, 0.2) is 27.2 Å². The van der Waals surface area contributed by atoms with Gasteiger partial charge in [0.2, 0.25) is 0 Å². The zero-order chi connectivity index (χ0) is 13.7. The summed E-state index contributed by atoms with van der Waals surface area (Å²) in [5.74, 6) is 1.57. The van der Waals surface area contributed by atoms with Crippen LogP contribution < -0.4 is 0 Å². The van der Waals surface area contributed by atoms with E-state index >= 15 is 0 Å². The second kappa shape index (κ2) is 4.56. The van der Waals surface area contributed by atoms with Crippen LogP contribution in [0.4, 0.5) is 0 Å². The normalized spacial score (nSPS) is 14.4. The number of imidazole rings is 2. The van der Waals surface area contributed by atoms with Crippen molar-refractivity contribution in [3.05, 3.63) is 38.5 Å². The summed E-state index contributed by atoms with van der Waals surface area (Å²) < 4.78 is 2.22. The largest absolute Gasteiger partial charge is 0.339 e. The van der Waals surface area contributed by atoms with Crippen LogP contribution in [-0.4, -0.2) is 19.9 Å². The highest BCUT2D eigenvalue weighted by Crippen LogP contribution is 2.28. The fourth-order valence-corrected chi connectivity index (χ4v) is 3.18. The minimum atomic E-state index is 0.775. The van der Waals surface area contributed by atoms with Crippen LogP contribution in [0.1, 0.15) is 17.8 Å². The molecule has 0 saturated heterocycles. The number of rotatable bonds is 1. The fourth-order valence-electron chi connectivity index (χ4n) is 2.40. The van der Waals surface area contributed by atoms with Gasteiger partial charge in [-0.2, -0.15) is 0 Å². The van der Waals surface area contributed by atoms with Crippen molar-refractivity contribution in [3.8, 4) is 11.6 Å². The first kappa shape index (κ1) is 12.3. The number of hydrogen-bond acceptors (Lipinski definition) is 2. The number of benzene rings is 1. The van der Waals surface area contributed by atoms with Gasteiger partial charge in [0.1, 0.15) is 0 Å². The van der Waals surface area contributed by atoms with E-state index in [1.165, 1.54) is 10.2 Å². The molecule has 0 fully saturated rings. The quantitative estimate of drug-likeness (QED) is 0.643.